The Balaban J connectivity index is 2.08. The van der Waals surface area contributed by atoms with Crippen molar-refractivity contribution in [3.05, 3.63) is 29.1 Å². The van der Waals surface area contributed by atoms with Gasteiger partial charge in [0.2, 0.25) is 5.91 Å². The number of pyridine rings is 1. The number of hydrogen-bond donors (Lipinski definition) is 1. The molecule has 1 aliphatic rings. The second-order valence-corrected chi connectivity index (χ2v) is 5.14. The predicted octanol–water partition coefficient (Wildman–Crippen LogP) is 1.67. The number of nitrogens with zero attached hydrogens (tertiary/aromatic N) is 2. The van der Waals surface area contributed by atoms with Gasteiger partial charge in [-0.1, -0.05) is 0 Å². The van der Waals surface area contributed by atoms with Gasteiger partial charge in [0.05, 0.1) is 12.0 Å². The fourth-order valence-electron chi connectivity index (χ4n) is 2.37. The molecule has 0 radical (unpaired) electrons. The van der Waals surface area contributed by atoms with Crippen LogP contribution in [-0.2, 0) is 17.8 Å². The quantitative estimate of drug-likeness (QED) is 0.923. The Bertz CT molecular complexity index is 587. The lowest BCUT2D eigenvalue weighted by molar-refractivity contribution is -0.133. The minimum Gasteiger partial charge on any atom is -0.352 e. The third-order valence-electron chi connectivity index (χ3n) is 3.52. The first-order valence-electron chi connectivity index (χ1n) is 6.84. The number of nitrogens with one attached hydrogen (secondary N) is 1. The van der Waals surface area contributed by atoms with Crippen molar-refractivity contribution in [1.29, 1.82) is 0 Å². The minimum absolute atomic E-state index is 0.0642. The van der Waals surface area contributed by atoms with Crippen molar-refractivity contribution < 1.29 is 22.8 Å². The third kappa shape index (κ3) is 3.96. The van der Waals surface area contributed by atoms with E-state index in [1.54, 1.807) is 11.1 Å². The van der Waals surface area contributed by atoms with Crippen molar-refractivity contribution in [3.8, 4) is 0 Å². The second kappa shape index (κ2) is 6.33. The largest absolute Gasteiger partial charge is 0.390 e. The van der Waals surface area contributed by atoms with Gasteiger partial charge in [0, 0.05) is 39.0 Å². The van der Waals surface area contributed by atoms with Gasteiger partial charge in [-0.05, 0) is 17.5 Å². The van der Waals surface area contributed by atoms with Gasteiger partial charge in [0.1, 0.15) is 0 Å². The molecule has 0 aliphatic carbocycles. The van der Waals surface area contributed by atoms with E-state index in [2.05, 4.69) is 10.3 Å². The van der Waals surface area contributed by atoms with Crippen molar-refractivity contribution >= 4 is 11.8 Å². The number of alkyl halides is 3. The van der Waals surface area contributed by atoms with E-state index in [9.17, 15) is 22.8 Å². The molecule has 2 heterocycles. The van der Waals surface area contributed by atoms with E-state index < -0.39 is 25.0 Å². The van der Waals surface area contributed by atoms with Crippen molar-refractivity contribution in [2.24, 2.45) is 0 Å². The average Bonchev–Trinajstić information content (AvgIpc) is 2.44. The fraction of sp³-hybridized carbons (Fsp3) is 0.500. The van der Waals surface area contributed by atoms with E-state index in [1.807, 2.05) is 0 Å². The van der Waals surface area contributed by atoms with Crippen LogP contribution in [0.5, 0.6) is 0 Å². The van der Waals surface area contributed by atoms with Crippen molar-refractivity contribution in [3.63, 3.8) is 0 Å². The molecule has 22 heavy (non-hydrogen) atoms. The van der Waals surface area contributed by atoms with Crippen molar-refractivity contribution in [2.75, 3.05) is 13.1 Å². The topological polar surface area (TPSA) is 62.3 Å². The third-order valence-corrected chi connectivity index (χ3v) is 3.52. The maximum atomic E-state index is 12.1. The fourth-order valence-corrected chi connectivity index (χ4v) is 2.37. The van der Waals surface area contributed by atoms with Crippen LogP contribution >= 0.6 is 0 Å². The summed E-state index contributed by atoms with van der Waals surface area (Å²) in [5.41, 5.74) is 1.78. The number of rotatable bonds is 3. The SMILES string of the molecule is CC(=O)N1CCc2c(cncc2C(=O)NCCC(F)(F)F)C1. The zero-order chi connectivity index (χ0) is 16.3. The zero-order valence-corrected chi connectivity index (χ0v) is 12.0. The smallest absolute Gasteiger partial charge is 0.352 e. The summed E-state index contributed by atoms with van der Waals surface area (Å²) in [5, 5.41) is 2.26. The van der Waals surface area contributed by atoms with E-state index in [4.69, 9.17) is 0 Å². The maximum Gasteiger partial charge on any atom is 0.390 e. The van der Waals surface area contributed by atoms with E-state index in [1.165, 1.54) is 13.1 Å². The van der Waals surface area contributed by atoms with Crippen molar-refractivity contribution in [1.82, 2.24) is 15.2 Å². The lowest BCUT2D eigenvalue weighted by atomic mass is 9.96. The summed E-state index contributed by atoms with van der Waals surface area (Å²) in [4.78, 5) is 29.0. The number of carbonyl (C=O) groups excluding carboxylic acids is 2. The first-order valence-corrected chi connectivity index (χ1v) is 6.84. The summed E-state index contributed by atoms with van der Waals surface area (Å²) >= 11 is 0. The van der Waals surface area contributed by atoms with Gasteiger partial charge in [0.15, 0.2) is 0 Å². The zero-order valence-electron chi connectivity index (χ0n) is 12.0. The van der Waals surface area contributed by atoms with E-state index in [0.29, 0.717) is 19.5 Å². The Labute approximate surface area is 125 Å². The van der Waals surface area contributed by atoms with Gasteiger partial charge in [-0.15, -0.1) is 0 Å². The molecule has 120 valence electrons. The highest BCUT2D eigenvalue weighted by Crippen LogP contribution is 2.22. The molecule has 0 atom stereocenters. The Kier molecular flexibility index (Phi) is 4.68. The van der Waals surface area contributed by atoms with E-state index >= 15 is 0 Å². The predicted molar refractivity (Wildman–Crippen MR) is 72.0 cm³/mol. The monoisotopic (exact) mass is 315 g/mol. The van der Waals surface area contributed by atoms with Crippen LogP contribution in [0.2, 0.25) is 0 Å². The average molecular weight is 315 g/mol. The molecular weight excluding hydrogens is 299 g/mol. The number of carbonyl (C=O) groups is 2. The van der Waals surface area contributed by atoms with Crippen molar-refractivity contribution in [2.45, 2.75) is 32.5 Å². The first-order chi connectivity index (χ1) is 10.3. The highest BCUT2D eigenvalue weighted by atomic mass is 19.4. The van der Waals surface area contributed by atoms with Crippen LogP contribution < -0.4 is 5.32 Å². The molecule has 0 saturated carbocycles. The molecule has 2 rings (SSSR count). The summed E-state index contributed by atoms with van der Waals surface area (Å²) in [6.45, 7) is 1.84. The number of aromatic nitrogens is 1. The minimum atomic E-state index is -4.30. The lowest BCUT2D eigenvalue weighted by Crippen LogP contribution is -2.36. The Morgan fingerprint density at radius 2 is 2.09 bits per heavy atom. The molecule has 0 unspecified atom stereocenters. The van der Waals surface area contributed by atoms with Gasteiger partial charge >= 0.3 is 6.18 Å². The maximum absolute atomic E-state index is 12.1. The summed E-state index contributed by atoms with van der Waals surface area (Å²) in [6, 6.07) is 0. The molecule has 0 spiro atoms. The molecule has 8 heteroatoms. The molecule has 1 aliphatic heterocycles. The van der Waals surface area contributed by atoms with Crippen LogP contribution in [0, 0.1) is 0 Å². The van der Waals surface area contributed by atoms with Gasteiger partial charge in [-0.25, -0.2) is 0 Å². The molecule has 1 N–H and O–H groups in total. The molecular formula is C14H16F3N3O2. The van der Waals surface area contributed by atoms with Crippen LogP contribution in [-0.4, -0.2) is 41.0 Å². The lowest BCUT2D eigenvalue weighted by Gasteiger charge is -2.28. The standard InChI is InChI=1S/C14H16F3N3O2/c1-9(21)20-5-2-11-10(8-20)6-18-7-12(11)13(22)19-4-3-14(15,16)17/h6-7H,2-5,8H2,1H3,(H,19,22). The molecule has 1 aromatic heterocycles. The summed E-state index contributed by atoms with van der Waals surface area (Å²) < 4.78 is 36.3. The number of fused-ring (bicyclic) bond motifs is 1. The highest BCUT2D eigenvalue weighted by Gasteiger charge is 2.27. The van der Waals surface area contributed by atoms with Crippen LogP contribution in [0.4, 0.5) is 13.2 Å². The molecule has 2 amide bonds. The molecule has 0 saturated heterocycles. The van der Waals surface area contributed by atoms with Crippen LogP contribution in [0.25, 0.3) is 0 Å². The first kappa shape index (κ1) is 16.3. The van der Waals surface area contributed by atoms with Gasteiger partial charge < -0.3 is 10.2 Å². The van der Waals surface area contributed by atoms with Crippen LogP contribution in [0.1, 0.15) is 34.8 Å². The number of halogens is 3. The van der Waals surface area contributed by atoms with Crippen LogP contribution in [0.3, 0.4) is 0 Å². The molecule has 0 fully saturated rings. The second-order valence-electron chi connectivity index (χ2n) is 5.14. The summed E-state index contributed by atoms with van der Waals surface area (Å²) in [7, 11) is 0. The van der Waals surface area contributed by atoms with Gasteiger partial charge in [-0.2, -0.15) is 13.2 Å². The summed E-state index contributed by atoms with van der Waals surface area (Å²) in [5.74, 6) is -0.629. The van der Waals surface area contributed by atoms with E-state index in [0.717, 1.165) is 11.1 Å². The molecule has 0 aromatic carbocycles. The van der Waals surface area contributed by atoms with Gasteiger partial charge in [-0.3, -0.25) is 14.6 Å². The highest BCUT2D eigenvalue weighted by molar-refractivity contribution is 5.95. The number of amides is 2. The normalized spacial score (nSPS) is 14.5. The molecule has 0 bridgehead atoms. The van der Waals surface area contributed by atoms with E-state index in [-0.39, 0.29) is 11.5 Å². The Morgan fingerprint density at radius 1 is 1.36 bits per heavy atom. The van der Waals surface area contributed by atoms with Gasteiger partial charge in [0.25, 0.3) is 5.91 Å². The van der Waals surface area contributed by atoms with Crippen LogP contribution in [0.15, 0.2) is 12.4 Å². The Morgan fingerprint density at radius 3 is 2.73 bits per heavy atom. The Hall–Kier alpha value is -2.12. The summed E-state index contributed by atoms with van der Waals surface area (Å²) in [6.07, 6.45) is -1.95. The number of hydrogen-bond acceptors (Lipinski definition) is 3. The molecule has 5 nitrogen and oxygen atoms in total. The molecule has 1 aromatic rings.